The number of hydrogen-bond donors (Lipinski definition) is 2. The van der Waals surface area contributed by atoms with Gasteiger partial charge in [-0.05, 0) is 37.2 Å². The van der Waals surface area contributed by atoms with E-state index < -0.39 is 11.7 Å². The van der Waals surface area contributed by atoms with Crippen molar-refractivity contribution in [2.75, 3.05) is 18.4 Å². The SMILES string of the molecule is CC(C(=O)Nc1cc(Cl)cc(C(F)(F)F)c1)C1CNC1. The molecule has 1 aliphatic heterocycles. The summed E-state index contributed by atoms with van der Waals surface area (Å²) in [6.45, 7) is 3.26. The molecule has 1 atom stereocenters. The number of benzene rings is 1. The molecular formula is C13H14ClF3N2O. The number of hydrogen-bond acceptors (Lipinski definition) is 2. The van der Waals surface area contributed by atoms with E-state index in [4.69, 9.17) is 11.6 Å². The van der Waals surface area contributed by atoms with Crippen molar-refractivity contribution in [2.24, 2.45) is 11.8 Å². The van der Waals surface area contributed by atoms with E-state index in [0.29, 0.717) is 0 Å². The smallest absolute Gasteiger partial charge is 0.326 e. The van der Waals surface area contributed by atoms with Gasteiger partial charge in [0, 0.05) is 16.6 Å². The fourth-order valence-corrected chi connectivity index (χ4v) is 2.20. The van der Waals surface area contributed by atoms with Crippen molar-refractivity contribution >= 4 is 23.2 Å². The molecule has 3 nitrogen and oxygen atoms in total. The van der Waals surface area contributed by atoms with Crippen LogP contribution in [0.15, 0.2) is 18.2 Å². The highest BCUT2D eigenvalue weighted by atomic mass is 35.5. The molecule has 0 aromatic heterocycles. The lowest BCUT2D eigenvalue weighted by molar-refractivity contribution is -0.137. The van der Waals surface area contributed by atoms with E-state index in [1.165, 1.54) is 6.07 Å². The van der Waals surface area contributed by atoms with Crippen molar-refractivity contribution in [3.05, 3.63) is 28.8 Å². The standard InChI is InChI=1S/C13H14ClF3N2O/c1-7(8-5-18-6-8)12(20)19-11-3-9(13(15,16)17)2-10(14)4-11/h2-4,7-8,18H,5-6H2,1H3,(H,19,20). The Balaban J connectivity index is 2.12. The van der Waals surface area contributed by atoms with Gasteiger partial charge in [0.15, 0.2) is 0 Å². The summed E-state index contributed by atoms with van der Waals surface area (Å²) in [6.07, 6.45) is -4.49. The van der Waals surface area contributed by atoms with E-state index in [9.17, 15) is 18.0 Å². The summed E-state index contributed by atoms with van der Waals surface area (Å²) >= 11 is 5.66. The third-order valence-electron chi connectivity index (χ3n) is 3.43. The molecule has 1 aromatic carbocycles. The Hall–Kier alpha value is -1.27. The Morgan fingerprint density at radius 2 is 2.05 bits per heavy atom. The second-order valence-corrected chi connectivity index (χ2v) is 5.36. The minimum atomic E-state index is -4.49. The maximum Gasteiger partial charge on any atom is 0.416 e. The number of alkyl halides is 3. The van der Waals surface area contributed by atoms with Crippen LogP contribution in [0.3, 0.4) is 0 Å². The van der Waals surface area contributed by atoms with Gasteiger partial charge in [0.05, 0.1) is 5.56 Å². The van der Waals surface area contributed by atoms with E-state index in [1.807, 2.05) is 0 Å². The number of carbonyl (C=O) groups is 1. The molecule has 0 saturated carbocycles. The first-order valence-electron chi connectivity index (χ1n) is 6.17. The maximum atomic E-state index is 12.7. The fourth-order valence-electron chi connectivity index (χ4n) is 1.96. The molecule has 1 heterocycles. The first-order valence-corrected chi connectivity index (χ1v) is 6.54. The van der Waals surface area contributed by atoms with Gasteiger partial charge in [0.2, 0.25) is 5.91 Å². The molecule has 1 unspecified atom stereocenters. The topological polar surface area (TPSA) is 41.1 Å². The molecule has 2 N–H and O–H groups in total. The lowest BCUT2D eigenvalue weighted by atomic mass is 9.88. The predicted molar refractivity (Wildman–Crippen MR) is 70.6 cm³/mol. The van der Waals surface area contributed by atoms with Crippen LogP contribution in [0.2, 0.25) is 5.02 Å². The van der Waals surface area contributed by atoms with Crippen molar-refractivity contribution in [3.63, 3.8) is 0 Å². The molecule has 110 valence electrons. The zero-order valence-electron chi connectivity index (χ0n) is 10.7. The van der Waals surface area contributed by atoms with Crippen molar-refractivity contribution in [1.29, 1.82) is 0 Å². The number of halogens is 4. The summed E-state index contributed by atoms with van der Waals surface area (Å²) in [5.74, 6) is -0.340. The molecular weight excluding hydrogens is 293 g/mol. The predicted octanol–water partition coefficient (Wildman–Crippen LogP) is 3.15. The summed E-state index contributed by atoms with van der Waals surface area (Å²) in [4.78, 5) is 12.0. The number of nitrogens with one attached hydrogen (secondary N) is 2. The molecule has 20 heavy (non-hydrogen) atoms. The van der Waals surface area contributed by atoms with Crippen LogP contribution in [0, 0.1) is 11.8 Å². The van der Waals surface area contributed by atoms with E-state index in [0.717, 1.165) is 25.2 Å². The van der Waals surface area contributed by atoms with Crippen LogP contribution in [0.1, 0.15) is 12.5 Å². The number of rotatable bonds is 3. The van der Waals surface area contributed by atoms with Crippen LogP contribution in [0.4, 0.5) is 18.9 Å². The van der Waals surface area contributed by atoms with Crippen LogP contribution in [-0.2, 0) is 11.0 Å². The quantitative estimate of drug-likeness (QED) is 0.900. The van der Waals surface area contributed by atoms with Gasteiger partial charge < -0.3 is 10.6 Å². The third kappa shape index (κ3) is 3.43. The number of anilines is 1. The van der Waals surface area contributed by atoms with E-state index >= 15 is 0 Å². The van der Waals surface area contributed by atoms with Gasteiger partial charge in [0.25, 0.3) is 0 Å². The summed E-state index contributed by atoms with van der Waals surface area (Å²) in [7, 11) is 0. The molecule has 1 fully saturated rings. The first kappa shape index (κ1) is 15.1. The molecule has 0 aliphatic carbocycles. The third-order valence-corrected chi connectivity index (χ3v) is 3.64. The molecule has 0 radical (unpaired) electrons. The Bertz CT molecular complexity index is 515. The van der Waals surface area contributed by atoms with Crippen LogP contribution in [0.5, 0.6) is 0 Å². The second-order valence-electron chi connectivity index (χ2n) is 4.92. The van der Waals surface area contributed by atoms with Crippen molar-refractivity contribution < 1.29 is 18.0 Å². The van der Waals surface area contributed by atoms with Crippen LogP contribution < -0.4 is 10.6 Å². The molecule has 1 amide bonds. The molecule has 2 rings (SSSR count). The minimum Gasteiger partial charge on any atom is -0.326 e. The zero-order chi connectivity index (χ0) is 14.9. The monoisotopic (exact) mass is 306 g/mol. The van der Waals surface area contributed by atoms with Gasteiger partial charge in [-0.2, -0.15) is 13.2 Å². The Morgan fingerprint density at radius 1 is 1.40 bits per heavy atom. The average molecular weight is 307 g/mol. The highest BCUT2D eigenvalue weighted by Gasteiger charge is 2.32. The summed E-state index contributed by atoms with van der Waals surface area (Å²) < 4.78 is 38.0. The van der Waals surface area contributed by atoms with Crippen molar-refractivity contribution in [1.82, 2.24) is 5.32 Å². The van der Waals surface area contributed by atoms with Gasteiger partial charge in [-0.25, -0.2) is 0 Å². The average Bonchev–Trinajstić information content (AvgIpc) is 2.24. The van der Waals surface area contributed by atoms with Crippen molar-refractivity contribution in [3.8, 4) is 0 Å². The molecule has 1 saturated heterocycles. The fraction of sp³-hybridized carbons (Fsp3) is 0.462. The lowest BCUT2D eigenvalue weighted by Gasteiger charge is -2.31. The maximum absolute atomic E-state index is 12.7. The van der Waals surface area contributed by atoms with E-state index in [1.54, 1.807) is 6.92 Å². The highest BCUT2D eigenvalue weighted by molar-refractivity contribution is 6.31. The van der Waals surface area contributed by atoms with Gasteiger partial charge in [-0.3, -0.25) is 4.79 Å². The second kappa shape index (κ2) is 5.61. The van der Waals surface area contributed by atoms with Crippen molar-refractivity contribution in [2.45, 2.75) is 13.1 Å². The molecule has 0 bridgehead atoms. The molecule has 7 heteroatoms. The molecule has 1 aromatic rings. The summed E-state index contributed by atoms with van der Waals surface area (Å²) in [5, 5.41) is 5.48. The Kier molecular flexibility index (Phi) is 4.25. The summed E-state index contributed by atoms with van der Waals surface area (Å²) in [5.41, 5.74) is -0.813. The van der Waals surface area contributed by atoms with Gasteiger partial charge in [0.1, 0.15) is 0 Å². The normalized spacial score (nSPS) is 17.4. The molecule has 0 spiro atoms. The van der Waals surface area contributed by atoms with Crippen LogP contribution in [-0.4, -0.2) is 19.0 Å². The number of amides is 1. The van der Waals surface area contributed by atoms with E-state index in [-0.39, 0.29) is 28.5 Å². The summed E-state index contributed by atoms with van der Waals surface area (Å²) in [6, 6.07) is 3.02. The highest BCUT2D eigenvalue weighted by Crippen LogP contribution is 2.33. The largest absolute Gasteiger partial charge is 0.416 e. The van der Waals surface area contributed by atoms with Gasteiger partial charge in [-0.1, -0.05) is 18.5 Å². The minimum absolute atomic E-state index is 0.0620. The van der Waals surface area contributed by atoms with Gasteiger partial charge in [-0.15, -0.1) is 0 Å². The molecule has 1 aliphatic rings. The number of carbonyl (C=O) groups excluding carboxylic acids is 1. The Labute approximate surface area is 119 Å². The Morgan fingerprint density at radius 3 is 2.55 bits per heavy atom. The lowest BCUT2D eigenvalue weighted by Crippen LogP contribution is -2.48. The zero-order valence-corrected chi connectivity index (χ0v) is 11.5. The first-order chi connectivity index (χ1) is 9.27. The van der Waals surface area contributed by atoms with Crippen LogP contribution >= 0.6 is 11.6 Å². The van der Waals surface area contributed by atoms with E-state index in [2.05, 4.69) is 10.6 Å². The van der Waals surface area contributed by atoms with Gasteiger partial charge >= 0.3 is 6.18 Å². The van der Waals surface area contributed by atoms with Crippen LogP contribution in [0.25, 0.3) is 0 Å².